The molecule has 166 valence electrons. The first-order valence-corrected chi connectivity index (χ1v) is 9.43. The van der Waals surface area contributed by atoms with E-state index in [1.165, 1.54) is 37.4 Å². The molecular weight excluding hydrogens is 417 g/mol. The summed E-state index contributed by atoms with van der Waals surface area (Å²) in [6.45, 7) is -2.34. The van der Waals surface area contributed by atoms with E-state index in [4.69, 9.17) is 9.47 Å². The number of benzene rings is 2. The number of morpholine rings is 1. The zero-order valence-corrected chi connectivity index (χ0v) is 16.6. The summed E-state index contributed by atoms with van der Waals surface area (Å²) in [6, 6.07) is 9.58. The average molecular weight is 438 g/mol. The fourth-order valence-corrected chi connectivity index (χ4v) is 3.13. The lowest BCUT2D eigenvalue weighted by atomic mass is 10.1. The molecule has 0 spiro atoms. The molecule has 0 saturated carbocycles. The van der Waals surface area contributed by atoms with Crippen LogP contribution in [0.4, 0.5) is 13.2 Å². The van der Waals surface area contributed by atoms with Gasteiger partial charge in [-0.05, 0) is 35.9 Å². The Bertz CT molecular complexity index is 924. The molecule has 0 aliphatic carbocycles. The maximum atomic E-state index is 13.1. The highest BCUT2D eigenvalue weighted by Crippen LogP contribution is 2.29. The molecule has 2 amide bonds. The number of amides is 2. The number of alkyl halides is 2. The summed E-state index contributed by atoms with van der Waals surface area (Å²) in [5.41, 5.74) is 0.874. The van der Waals surface area contributed by atoms with Gasteiger partial charge in [-0.3, -0.25) is 9.59 Å². The molecule has 0 aromatic heterocycles. The van der Waals surface area contributed by atoms with Crippen molar-refractivity contribution in [2.45, 2.75) is 12.7 Å². The third-order valence-corrected chi connectivity index (χ3v) is 4.70. The number of ether oxygens (including phenoxy) is 3. The smallest absolute Gasteiger partial charge is 0.387 e. The van der Waals surface area contributed by atoms with Gasteiger partial charge in [0.1, 0.15) is 11.9 Å². The van der Waals surface area contributed by atoms with Crippen molar-refractivity contribution in [1.29, 1.82) is 0 Å². The maximum Gasteiger partial charge on any atom is 0.387 e. The van der Waals surface area contributed by atoms with Gasteiger partial charge in [-0.25, -0.2) is 4.39 Å². The number of nitrogens with zero attached hydrogens (tertiary/aromatic N) is 1. The van der Waals surface area contributed by atoms with Gasteiger partial charge < -0.3 is 24.4 Å². The minimum atomic E-state index is -3.03. The lowest BCUT2D eigenvalue weighted by Gasteiger charge is -2.33. The Balaban J connectivity index is 1.57. The second-order valence-electron chi connectivity index (χ2n) is 6.68. The molecule has 1 unspecified atom stereocenters. The van der Waals surface area contributed by atoms with Gasteiger partial charge in [0.15, 0.2) is 11.5 Å². The molecule has 0 radical (unpaired) electrons. The number of carbonyl (C=O) groups excluding carboxylic acids is 2. The van der Waals surface area contributed by atoms with E-state index in [9.17, 15) is 22.8 Å². The molecule has 3 rings (SSSR count). The number of rotatable bonds is 7. The minimum absolute atomic E-state index is 0.0328. The molecule has 2 aromatic carbocycles. The zero-order chi connectivity index (χ0) is 22.4. The first-order valence-electron chi connectivity index (χ1n) is 9.43. The van der Waals surface area contributed by atoms with Crippen LogP contribution in [-0.4, -0.2) is 56.7 Å². The van der Waals surface area contributed by atoms with E-state index < -0.39 is 12.5 Å². The van der Waals surface area contributed by atoms with E-state index in [2.05, 4.69) is 10.1 Å². The molecule has 0 bridgehead atoms. The fourth-order valence-electron chi connectivity index (χ4n) is 3.13. The molecule has 1 heterocycles. The molecule has 1 aliphatic heterocycles. The second-order valence-corrected chi connectivity index (χ2v) is 6.68. The number of carbonyl (C=O) groups is 2. The predicted octanol–water partition coefficient (Wildman–Crippen LogP) is 2.77. The summed E-state index contributed by atoms with van der Waals surface area (Å²) in [7, 11) is 1.26. The molecule has 1 atom stereocenters. The molecule has 1 aliphatic rings. The zero-order valence-electron chi connectivity index (χ0n) is 16.6. The van der Waals surface area contributed by atoms with Gasteiger partial charge in [0.25, 0.3) is 5.91 Å². The van der Waals surface area contributed by atoms with Crippen LogP contribution in [0.5, 0.6) is 11.5 Å². The van der Waals surface area contributed by atoms with Crippen molar-refractivity contribution in [1.82, 2.24) is 10.2 Å². The monoisotopic (exact) mass is 438 g/mol. The van der Waals surface area contributed by atoms with Crippen molar-refractivity contribution in [2.24, 2.45) is 0 Å². The Labute approximate surface area is 176 Å². The predicted molar refractivity (Wildman–Crippen MR) is 104 cm³/mol. The van der Waals surface area contributed by atoms with Crippen LogP contribution in [-0.2, 0) is 9.53 Å². The standard InChI is InChI=1S/C21H21F3N2O5/c1-29-17-10-14(4-7-16(17)31-21(23)24)20(28)25-11-19(27)26-8-9-30-18(12-26)13-2-5-15(22)6-3-13/h2-7,10,18,21H,8-9,11-12H2,1H3,(H,25,28). The third-order valence-electron chi connectivity index (χ3n) is 4.70. The Morgan fingerprint density at radius 3 is 2.61 bits per heavy atom. The van der Waals surface area contributed by atoms with Crippen LogP contribution in [0, 0.1) is 5.82 Å². The van der Waals surface area contributed by atoms with Crippen LogP contribution in [0.3, 0.4) is 0 Å². The molecule has 2 aromatic rings. The van der Waals surface area contributed by atoms with Gasteiger partial charge in [0.2, 0.25) is 5.91 Å². The van der Waals surface area contributed by atoms with E-state index in [0.29, 0.717) is 13.2 Å². The van der Waals surface area contributed by atoms with Crippen molar-refractivity contribution in [3.05, 3.63) is 59.4 Å². The third kappa shape index (κ3) is 5.88. The first kappa shape index (κ1) is 22.4. The summed E-state index contributed by atoms with van der Waals surface area (Å²) in [5.74, 6) is -1.48. The maximum absolute atomic E-state index is 13.1. The van der Waals surface area contributed by atoms with Gasteiger partial charge in [-0.1, -0.05) is 12.1 Å². The van der Waals surface area contributed by atoms with Gasteiger partial charge in [0.05, 0.1) is 26.8 Å². The largest absolute Gasteiger partial charge is 0.493 e. The topological polar surface area (TPSA) is 77.1 Å². The summed E-state index contributed by atoms with van der Waals surface area (Å²) in [5, 5.41) is 2.50. The van der Waals surface area contributed by atoms with Crippen LogP contribution in [0.2, 0.25) is 0 Å². The lowest BCUT2D eigenvalue weighted by Crippen LogP contribution is -2.46. The highest BCUT2D eigenvalue weighted by molar-refractivity contribution is 5.97. The Morgan fingerprint density at radius 2 is 1.94 bits per heavy atom. The normalized spacial score (nSPS) is 16.2. The number of hydrogen-bond acceptors (Lipinski definition) is 5. The van der Waals surface area contributed by atoms with Crippen LogP contribution < -0.4 is 14.8 Å². The fraction of sp³-hybridized carbons (Fsp3) is 0.333. The number of halogens is 3. The second kappa shape index (κ2) is 10.2. The molecule has 7 nitrogen and oxygen atoms in total. The highest BCUT2D eigenvalue weighted by Gasteiger charge is 2.25. The molecule has 1 N–H and O–H groups in total. The van der Waals surface area contributed by atoms with E-state index in [-0.39, 0.29) is 48.0 Å². The van der Waals surface area contributed by atoms with Gasteiger partial charge >= 0.3 is 6.61 Å². The Morgan fingerprint density at radius 1 is 1.19 bits per heavy atom. The molecular formula is C21H21F3N2O5. The SMILES string of the molecule is COc1cc(C(=O)NCC(=O)N2CCOC(c3ccc(F)cc3)C2)ccc1OC(F)F. The molecule has 10 heteroatoms. The van der Waals surface area contributed by atoms with Crippen molar-refractivity contribution in [3.8, 4) is 11.5 Å². The summed E-state index contributed by atoms with van der Waals surface area (Å²) in [6.07, 6.45) is -0.388. The lowest BCUT2D eigenvalue weighted by molar-refractivity contribution is -0.137. The summed E-state index contributed by atoms with van der Waals surface area (Å²) >= 11 is 0. The Hall–Kier alpha value is -3.27. The number of hydrogen-bond donors (Lipinski definition) is 1. The van der Waals surface area contributed by atoms with Gasteiger partial charge in [-0.15, -0.1) is 0 Å². The molecule has 1 saturated heterocycles. The quantitative estimate of drug-likeness (QED) is 0.720. The highest BCUT2D eigenvalue weighted by atomic mass is 19.3. The number of nitrogens with one attached hydrogen (secondary N) is 1. The molecule has 1 fully saturated rings. The number of methoxy groups -OCH3 is 1. The van der Waals surface area contributed by atoms with Crippen LogP contribution in [0.15, 0.2) is 42.5 Å². The van der Waals surface area contributed by atoms with E-state index in [0.717, 1.165) is 5.56 Å². The van der Waals surface area contributed by atoms with Crippen molar-refractivity contribution in [2.75, 3.05) is 33.4 Å². The summed E-state index contributed by atoms with van der Waals surface area (Å²) < 4.78 is 52.9. The van der Waals surface area contributed by atoms with Gasteiger partial charge in [0, 0.05) is 12.1 Å². The summed E-state index contributed by atoms with van der Waals surface area (Å²) in [4.78, 5) is 26.4. The van der Waals surface area contributed by atoms with Crippen molar-refractivity contribution in [3.63, 3.8) is 0 Å². The minimum Gasteiger partial charge on any atom is -0.493 e. The van der Waals surface area contributed by atoms with Crippen molar-refractivity contribution < 1.29 is 37.0 Å². The average Bonchev–Trinajstić information content (AvgIpc) is 2.77. The van der Waals surface area contributed by atoms with Gasteiger partial charge in [-0.2, -0.15) is 8.78 Å². The van der Waals surface area contributed by atoms with Crippen LogP contribution in [0.1, 0.15) is 22.0 Å². The van der Waals surface area contributed by atoms with E-state index in [1.807, 2.05) is 0 Å². The Kier molecular flexibility index (Phi) is 7.35. The van der Waals surface area contributed by atoms with Crippen LogP contribution >= 0.6 is 0 Å². The van der Waals surface area contributed by atoms with E-state index in [1.54, 1.807) is 17.0 Å². The molecule has 31 heavy (non-hydrogen) atoms. The van der Waals surface area contributed by atoms with Crippen LogP contribution in [0.25, 0.3) is 0 Å². The first-order chi connectivity index (χ1) is 14.9. The van der Waals surface area contributed by atoms with Crippen molar-refractivity contribution >= 4 is 11.8 Å². The van der Waals surface area contributed by atoms with E-state index >= 15 is 0 Å².